The van der Waals surface area contributed by atoms with Gasteiger partial charge in [-0.2, -0.15) is 0 Å². The molecule has 4 rings (SSSR count). The maximum atomic E-state index is 11.7. The van der Waals surface area contributed by atoms with E-state index in [-0.39, 0.29) is 25.4 Å². The maximum absolute atomic E-state index is 11.7. The summed E-state index contributed by atoms with van der Waals surface area (Å²) in [6, 6.07) is 26.0. The lowest BCUT2D eigenvalue weighted by atomic mass is 10.0. The number of hydrogen-bond acceptors (Lipinski definition) is 6. The average Bonchev–Trinajstić information content (AvgIpc) is 2.94. The minimum Gasteiger partial charge on any atom is -0.445 e. The zero-order chi connectivity index (χ0) is 25.2. The van der Waals surface area contributed by atoms with Gasteiger partial charge in [-0.05, 0) is 28.8 Å². The van der Waals surface area contributed by atoms with Crippen LogP contribution in [0.4, 0.5) is 4.79 Å². The molecule has 2 N–H and O–H groups in total. The molecule has 3 atom stereocenters. The van der Waals surface area contributed by atoms with Gasteiger partial charge in [0.15, 0.2) is 6.29 Å². The summed E-state index contributed by atoms with van der Waals surface area (Å²) in [7, 11) is 0. The number of aliphatic hydroxyl groups is 1. The molecule has 0 aromatic heterocycles. The Labute approximate surface area is 216 Å². The lowest BCUT2D eigenvalue weighted by molar-refractivity contribution is -0.245. The van der Waals surface area contributed by atoms with Crippen molar-refractivity contribution in [3.8, 4) is 0 Å². The maximum Gasteiger partial charge on any atom is 0.407 e. The van der Waals surface area contributed by atoms with E-state index >= 15 is 0 Å². The number of rotatable bonds is 10. The van der Waals surface area contributed by atoms with Gasteiger partial charge < -0.3 is 24.6 Å². The first-order valence-electron chi connectivity index (χ1n) is 11.9. The van der Waals surface area contributed by atoms with Gasteiger partial charge >= 0.3 is 6.09 Å². The lowest BCUT2D eigenvalue weighted by Gasteiger charge is -2.36. The number of ether oxygens (including phenoxy) is 3. The summed E-state index contributed by atoms with van der Waals surface area (Å²) < 4.78 is 17.7. The zero-order valence-corrected chi connectivity index (χ0v) is 20.9. The Morgan fingerprint density at radius 3 is 2.39 bits per heavy atom. The van der Waals surface area contributed by atoms with E-state index < -0.39 is 12.4 Å². The first-order valence-corrected chi connectivity index (χ1v) is 12.9. The highest BCUT2D eigenvalue weighted by Gasteiger charge is 2.32. The van der Waals surface area contributed by atoms with Gasteiger partial charge in [0, 0.05) is 29.2 Å². The van der Waals surface area contributed by atoms with Crippen LogP contribution in [0, 0.1) is 0 Å². The van der Waals surface area contributed by atoms with Crippen LogP contribution in [-0.2, 0) is 27.4 Å². The van der Waals surface area contributed by atoms with E-state index in [2.05, 4.69) is 24.0 Å². The normalized spacial score (nSPS) is 19.4. The molecule has 0 spiro atoms. The van der Waals surface area contributed by atoms with Gasteiger partial charge in [-0.15, -0.1) is 11.8 Å². The lowest BCUT2D eigenvalue weighted by Crippen LogP contribution is -2.31. The average molecular weight is 506 g/mol. The second-order valence-electron chi connectivity index (χ2n) is 8.46. The second-order valence-corrected chi connectivity index (χ2v) is 9.55. The van der Waals surface area contributed by atoms with E-state index in [0.717, 1.165) is 34.4 Å². The van der Waals surface area contributed by atoms with E-state index in [4.69, 9.17) is 14.2 Å². The van der Waals surface area contributed by atoms with E-state index in [1.54, 1.807) is 11.8 Å². The molecule has 1 aliphatic heterocycles. The SMILES string of the molecule is C=CCOC(=O)NCc1ccc(C2OC(CSc3ccccc3)CC(c3ccc(CO)cc3)O2)cc1. The van der Waals surface area contributed by atoms with Crippen molar-refractivity contribution in [3.05, 3.63) is 114 Å². The fourth-order valence-electron chi connectivity index (χ4n) is 3.88. The molecule has 6 nitrogen and oxygen atoms in total. The van der Waals surface area contributed by atoms with Crippen LogP contribution < -0.4 is 5.32 Å². The molecular formula is C29H31NO5S. The Kier molecular flexibility index (Phi) is 9.58. The van der Waals surface area contributed by atoms with Gasteiger partial charge in [0.05, 0.1) is 18.8 Å². The first kappa shape index (κ1) is 26.0. The summed E-state index contributed by atoms with van der Waals surface area (Å²) in [5, 5.41) is 12.1. The summed E-state index contributed by atoms with van der Waals surface area (Å²) in [4.78, 5) is 12.9. The standard InChI is InChI=1S/C29H31NO5S/c1-2-16-33-29(32)30-18-21-8-14-24(15-9-21)28-34-25(20-36-26-6-4-3-5-7-26)17-27(35-28)23-12-10-22(19-31)11-13-23/h2-15,25,27-28,31H,1,16-20H2,(H,30,32). The van der Waals surface area contributed by atoms with Crippen LogP contribution in [0.1, 0.15) is 41.1 Å². The van der Waals surface area contributed by atoms with E-state index in [9.17, 15) is 9.90 Å². The molecule has 0 radical (unpaired) electrons. The second kappa shape index (κ2) is 13.3. The fraction of sp³-hybridized carbons (Fsp3) is 0.276. The number of nitrogens with one attached hydrogen (secondary N) is 1. The van der Waals surface area contributed by atoms with Crippen LogP contribution in [0.2, 0.25) is 0 Å². The predicted octanol–water partition coefficient (Wildman–Crippen LogP) is 5.93. The highest BCUT2D eigenvalue weighted by Crippen LogP contribution is 2.39. The molecule has 1 heterocycles. The third-order valence-electron chi connectivity index (χ3n) is 5.82. The first-order chi connectivity index (χ1) is 17.6. The molecule has 1 fully saturated rings. The Bertz CT molecular complexity index is 1100. The number of carbonyl (C=O) groups is 1. The van der Waals surface area contributed by atoms with Crippen molar-refractivity contribution >= 4 is 17.9 Å². The third-order valence-corrected chi connectivity index (χ3v) is 6.96. The molecule has 3 aromatic carbocycles. The van der Waals surface area contributed by atoms with Crippen molar-refractivity contribution in [2.24, 2.45) is 0 Å². The highest BCUT2D eigenvalue weighted by molar-refractivity contribution is 7.99. The van der Waals surface area contributed by atoms with Crippen molar-refractivity contribution in [1.82, 2.24) is 5.32 Å². The summed E-state index contributed by atoms with van der Waals surface area (Å²) >= 11 is 1.77. The van der Waals surface area contributed by atoms with E-state index in [1.165, 1.54) is 11.0 Å². The van der Waals surface area contributed by atoms with Crippen molar-refractivity contribution in [2.45, 2.75) is 43.0 Å². The molecule has 188 valence electrons. The van der Waals surface area contributed by atoms with Crippen LogP contribution in [0.3, 0.4) is 0 Å². The van der Waals surface area contributed by atoms with Crippen molar-refractivity contribution < 1.29 is 24.1 Å². The van der Waals surface area contributed by atoms with Gasteiger partial charge in [0.25, 0.3) is 0 Å². The van der Waals surface area contributed by atoms with Gasteiger partial charge in [-0.25, -0.2) is 4.79 Å². The summed E-state index contributed by atoms with van der Waals surface area (Å²) in [5.41, 5.74) is 3.79. The number of amides is 1. The largest absolute Gasteiger partial charge is 0.445 e. The Morgan fingerprint density at radius 1 is 1.00 bits per heavy atom. The molecule has 0 saturated carbocycles. The molecule has 1 saturated heterocycles. The quantitative estimate of drug-likeness (QED) is 0.263. The zero-order valence-electron chi connectivity index (χ0n) is 20.0. The van der Waals surface area contributed by atoms with Gasteiger partial charge in [0.2, 0.25) is 0 Å². The van der Waals surface area contributed by atoms with E-state index in [0.29, 0.717) is 6.54 Å². The number of benzene rings is 3. The Balaban J connectivity index is 1.44. The van der Waals surface area contributed by atoms with Gasteiger partial charge in [-0.1, -0.05) is 79.4 Å². The highest BCUT2D eigenvalue weighted by atomic mass is 32.2. The third kappa shape index (κ3) is 7.45. The molecular weight excluding hydrogens is 474 g/mol. The number of aliphatic hydroxyl groups excluding tert-OH is 1. The van der Waals surface area contributed by atoms with Gasteiger partial charge in [-0.3, -0.25) is 0 Å². The Hall–Kier alpha value is -3.10. The number of hydrogen-bond donors (Lipinski definition) is 2. The van der Waals surface area contributed by atoms with E-state index in [1.807, 2.05) is 66.7 Å². The van der Waals surface area contributed by atoms with Crippen molar-refractivity contribution in [2.75, 3.05) is 12.4 Å². The minimum atomic E-state index is -0.512. The number of alkyl carbamates (subject to hydrolysis) is 1. The van der Waals surface area contributed by atoms with Crippen LogP contribution in [0.5, 0.6) is 0 Å². The molecule has 3 aromatic rings. The molecule has 3 unspecified atom stereocenters. The molecule has 0 bridgehead atoms. The smallest absolute Gasteiger partial charge is 0.407 e. The minimum absolute atomic E-state index is 0.00236. The van der Waals surface area contributed by atoms with Crippen molar-refractivity contribution in [1.29, 1.82) is 0 Å². The predicted molar refractivity (Wildman–Crippen MR) is 140 cm³/mol. The van der Waals surface area contributed by atoms with Crippen molar-refractivity contribution in [3.63, 3.8) is 0 Å². The number of carbonyl (C=O) groups excluding carboxylic acids is 1. The summed E-state index contributed by atoms with van der Waals surface area (Å²) in [5.74, 6) is 0.809. The van der Waals surface area contributed by atoms with Crippen LogP contribution in [0.25, 0.3) is 0 Å². The summed E-state index contributed by atoms with van der Waals surface area (Å²) in [6.07, 6.45) is 1.15. The van der Waals surface area contributed by atoms with Gasteiger partial charge in [0.1, 0.15) is 6.61 Å². The van der Waals surface area contributed by atoms with Crippen LogP contribution in [-0.4, -0.2) is 29.7 Å². The topological polar surface area (TPSA) is 77.0 Å². The number of thioether (sulfide) groups is 1. The molecule has 36 heavy (non-hydrogen) atoms. The fourth-order valence-corrected chi connectivity index (χ4v) is 4.82. The van der Waals surface area contributed by atoms with Crippen LogP contribution >= 0.6 is 11.8 Å². The molecule has 1 amide bonds. The molecule has 0 aliphatic carbocycles. The van der Waals surface area contributed by atoms with Crippen LogP contribution in [0.15, 0.2) is 96.4 Å². The molecule has 1 aliphatic rings. The summed E-state index contributed by atoms with van der Waals surface area (Å²) in [6.45, 7) is 4.08. The Morgan fingerprint density at radius 2 is 1.69 bits per heavy atom. The molecule has 7 heteroatoms. The monoisotopic (exact) mass is 505 g/mol.